The number of hydrogen-bond acceptors (Lipinski definition) is 4. The van der Waals surface area contributed by atoms with Crippen molar-refractivity contribution in [3.8, 4) is 5.75 Å². The Labute approximate surface area is 158 Å². The van der Waals surface area contributed by atoms with Crippen LogP contribution >= 0.6 is 11.6 Å². The molecule has 144 valence electrons. The minimum Gasteiger partial charge on any atom is -0.491 e. The molecule has 1 saturated heterocycles. The number of carbonyl (C=O) groups is 2. The summed E-state index contributed by atoms with van der Waals surface area (Å²) < 4.78 is 11.2. The minimum atomic E-state index is -0.901. The number of carboxylic acid groups (broad SMARTS) is 1. The van der Waals surface area contributed by atoms with Crippen molar-refractivity contribution in [1.82, 2.24) is 5.32 Å². The molecule has 0 aliphatic carbocycles. The van der Waals surface area contributed by atoms with Crippen molar-refractivity contribution in [2.45, 2.75) is 38.6 Å². The molecule has 2 amide bonds. The van der Waals surface area contributed by atoms with E-state index in [9.17, 15) is 9.59 Å². The number of carbonyl (C=O) groups excluding carboxylic acids is 1. The van der Waals surface area contributed by atoms with Gasteiger partial charge in [0.2, 0.25) is 0 Å². The lowest BCUT2D eigenvalue weighted by Gasteiger charge is -2.26. The van der Waals surface area contributed by atoms with Crippen molar-refractivity contribution in [2.75, 3.05) is 25.1 Å². The Balaban J connectivity index is 1.96. The zero-order valence-electron chi connectivity index (χ0n) is 15.0. The first-order valence-electron chi connectivity index (χ1n) is 8.56. The molecule has 26 heavy (non-hydrogen) atoms. The molecule has 1 fully saturated rings. The third-order valence-corrected chi connectivity index (χ3v) is 4.34. The highest BCUT2D eigenvalue weighted by atomic mass is 35.5. The Morgan fingerprint density at radius 2 is 2.19 bits per heavy atom. The van der Waals surface area contributed by atoms with Gasteiger partial charge in [0.05, 0.1) is 18.9 Å². The Bertz CT molecular complexity index is 644. The zero-order valence-corrected chi connectivity index (χ0v) is 15.8. The standard InChI is InChI=1S/C18H25ClN2O5/c1-18(2,7-5-16(22)23)21-17(24)20-14-9-13(19)3-4-15(14)26-11-12-6-8-25-10-12/h3-4,9,12H,5-8,10-11H2,1-2H3,(H,22,23)(H2,20,21,24). The second-order valence-corrected chi connectivity index (χ2v) is 7.47. The smallest absolute Gasteiger partial charge is 0.319 e. The molecule has 7 nitrogen and oxygen atoms in total. The molecule has 0 aromatic heterocycles. The predicted molar refractivity (Wildman–Crippen MR) is 99.0 cm³/mol. The van der Waals surface area contributed by atoms with Crippen LogP contribution in [0.4, 0.5) is 10.5 Å². The van der Waals surface area contributed by atoms with E-state index in [0.29, 0.717) is 42.0 Å². The fraction of sp³-hybridized carbons (Fsp3) is 0.556. The Hall–Kier alpha value is -1.99. The summed E-state index contributed by atoms with van der Waals surface area (Å²) in [6, 6.07) is 4.58. The van der Waals surface area contributed by atoms with E-state index in [4.69, 9.17) is 26.2 Å². The van der Waals surface area contributed by atoms with Gasteiger partial charge in [-0.3, -0.25) is 4.79 Å². The average Bonchev–Trinajstić information content (AvgIpc) is 3.05. The molecule has 2 rings (SSSR count). The average molecular weight is 385 g/mol. The highest BCUT2D eigenvalue weighted by Crippen LogP contribution is 2.29. The number of halogens is 1. The molecule has 1 aromatic rings. The molecule has 1 aliphatic heterocycles. The summed E-state index contributed by atoms with van der Waals surface area (Å²) >= 11 is 6.03. The molecule has 0 spiro atoms. The molecule has 1 heterocycles. The Morgan fingerprint density at radius 1 is 1.42 bits per heavy atom. The maximum Gasteiger partial charge on any atom is 0.319 e. The first-order chi connectivity index (χ1) is 12.2. The summed E-state index contributed by atoms with van der Waals surface area (Å²) in [6.07, 6.45) is 1.24. The largest absolute Gasteiger partial charge is 0.491 e. The molecule has 1 aromatic carbocycles. The molecule has 0 bridgehead atoms. The van der Waals surface area contributed by atoms with Crippen LogP contribution in [-0.4, -0.2) is 42.5 Å². The first-order valence-corrected chi connectivity index (χ1v) is 8.94. The number of carboxylic acids is 1. The van der Waals surface area contributed by atoms with Crippen LogP contribution in [0.1, 0.15) is 33.1 Å². The van der Waals surface area contributed by atoms with Crippen LogP contribution in [0.15, 0.2) is 18.2 Å². The number of nitrogens with one attached hydrogen (secondary N) is 2. The maximum atomic E-state index is 12.3. The Morgan fingerprint density at radius 3 is 2.85 bits per heavy atom. The van der Waals surface area contributed by atoms with Gasteiger partial charge in [0.1, 0.15) is 5.75 Å². The van der Waals surface area contributed by atoms with Crippen LogP contribution in [0.3, 0.4) is 0 Å². The first kappa shape index (κ1) is 20.3. The van der Waals surface area contributed by atoms with Crippen LogP contribution in [0.25, 0.3) is 0 Å². The summed E-state index contributed by atoms with van der Waals surface area (Å²) in [4.78, 5) is 23.0. The van der Waals surface area contributed by atoms with Gasteiger partial charge >= 0.3 is 12.0 Å². The second kappa shape index (κ2) is 9.09. The SMILES string of the molecule is CC(C)(CCC(=O)O)NC(=O)Nc1cc(Cl)ccc1OCC1CCOC1. The summed E-state index contributed by atoms with van der Waals surface area (Å²) in [6.45, 7) is 5.46. The lowest BCUT2D eigenvalue weighted by molar-refractivity contribution is -0.137. The predicted octanol–water partition coefficient (Wildman–Crippen LogP) is 3.52. The van der Waals surface area contributed by atoms with Gasteiger partial charge in [0.15, 0.2) is 0 Å². The normalized spacial score (nSPS) is 17.0. The van der Waals surface area contributed by atoms with Crippen molar-refractivity contribution in [1.29, 1.82) is 0 Å². The lowest BCUT2D eigenvalue weighted by Crippen LogP contribution is -2.45. The summed E-state index contributed by atoms with van der Waals surface area (Å²) in [7, 11) is 0. The number of benzene rings is 1. The molecule has 1 unspecified atom stereocenters. The van der Waals surface area contributed by atoms with Gasteiger partial charge in [-0.1, -0.05) is 11.6 Å². The molecule has 0 saturated carbocycles. The molecular formula is C18H25ClN2O5. The van der Waals surface area contributed by atoms with Crippen molar-refractivity contribution in [2.24, 2.45) is 5.92 Å². The van der Waals surface area contributed by atoms with Crippen molar-refractivity contribution in [3.05, 3.63) is 23.2 Å². The number of aliphatic carboxylic acids is 1. The van der Waals surface area contributed by atoms with Gasteiger partial charge in [-0.2, -0.15) is 0 Å². The maximum absolute atomic E-state index is 12.3. The van der Waals surface area contributed by atoms with E-state index >= 15 is 0 Å². The minimum absolute atomic E-state index is 0.0255. The highest BCUT2D eigenvalue weighted by Gasteiger charge is 2.22. The lowest BCUT2D eigenvalue weighted by atomic mass is 9.99. The van der Waals surface area contributed by atoms with E-state index in [1.54, 1.807) is 32.0 Å². The fourth-order valence-electron chi connectivity index (χ4n) is 2.59. The molecule has 0 radical (unpaired) electrons. The summed E-state index contributed by atoms with van der Waals surface area (Å²) in [5.74, 6) is -0.0381. The van der Waals surface area contributed by atoms with Crippen LogP contribution < -0.4 is 15.4 Å². The zero-order chi connectivity index (χ0) is 19.2. The van der Waals surface area contributed by atoms with Crippen LogP contribution in [-0.2, 0) is 9.53 Å². The number of amides is 2. The van der Waals surface area contributed by atoms with Gasteiger partial charge in [0.25, 0.3) is 0 Å². The van der Waals surface area contributed by atoms with Gasteiger partial charge in [-0.25, -0.2) is 4.79 Å². The van der Waals surface area contributed by atoms with E-state index in [2.05, 4.69) is 10.6 Å². The van der Waals surface area contributed by atoms with Crippen LogP contribution in [0.5, 0.6) is 5.75 Å². The van der Waals surface area contributed by atoms with Crippen LogP contribution in [0, 0.1) is 5.92 Å². The third-order valence-electron chi connectivity index (χ3n) is 4.10. The summed E-state index contributed by atoms with van der Waals surface area (Å²) in [5.41, 5.74) is -0.202. The number of rotatable bonds is 8. The topological polar surface area (TPSA) is 96.9 Å². The van der Waals surface area contributed by atoms with E-state index in [0.717, 1.165) is 13.0 Å². The van der Waals surface area contributed by atoms with Crippen molar-refractivity contribution < 1.29 is 24.2 Å². The van der Waals surface area contributed by atoms with E-state index in [1.807, 2.05) is 0 Å². The summed E-state index contributed by atoms with van der Waals surface area (Å²) in [5, 5.41) is 14.8. The quantitative estimate of drug-likeness (QED) is 0.637. The number of hydrogen-bond donors (Lipinski definition) is 3. The van der Waals surface area contributed by atoms with Gasteiger partial charge in [-0.15, -0.1) is 0 Å². The number of urea groups is 1. The monoisotopic (exact) mass is 384 g/mol. The number of ether oxygens (including phenoxy) is 2. The van der Waals surface area contributed by atoms with E-state index in [-0.39, 0.29) is 6.42 Å². The van der Waals surface area contributed by atoms with Crippen molar-refractivity contribution >= 4 is 29.3 Å². The highest BCUT2D eigenvalue weighted by molar-refractivity contribution is 6.31. The number of anilines is 1. The van der Waals surface area contributed by atoms with E-state index in [1.165, 1.54) is 0 Å². The van der Waals surface area contributed by atoms with E-state index < -0.39 is 17.5 Å². The molecule has 1 atom stereocenters. The van der Waals surface area contributed by atoms with Crippen molar-refractivity contribution in [3.63, 3.8) is 0 Å². The Kier molecular flexibility index (Phi) is 7.11. The third kappa shape index (κ3) is 6.72. The van der Waals surface area contributed by atoms with Gasteiger partial charge in [-0.05, 0) is 44.9 Å². The van der Waals surface area contributed by atoms with Crippen LogP contribution in [0.2, 0.25) is 5.02 Å². The van der Waals surface area contributed by atoms with Gasteiger partial charge in [0, 0.05) is 29.5 Å². The second-order valence-electron chi connectivity index (χ2n) is 7.04. The van der Waals surface area contributed by atoms with Gasteiger partial charge < -0.3 is 25.2 Å². The fourth-order valence-corrected chi connectivity index (χ4v) is 2.76. The molecule has 8 heteroatoms. The molecule has 1 aliphatic rings. The molecule has 3 N–H and O–H groups in total. The molecular weight excluding hydrogens is 360 g/mol.